The van der Waals surface area contributed by atoms with E-state index in [-0.39, 0.29) is 24.3 Å². The van der Waals surface area contributed by atoms with Gasteiger partial charge in [0.15, 0.2) is 17.2 Å². The Bertz CT molecular complexity index is 1450. The maximum Gasteiger partial charge on any atom is 0.416 e. The van der Waals surface area contributed by atoms with Crippen LogP contribution in [0.4, 0.5) is 45.2 Å². The van der Waals surface area contributed by atoms with Gasteiger partial charge in [0.2, 0.25) is 0 Å². The van der Waals surface area contributed by atoms with Gasteiger partial charge < -0.3 is 9.84 Å². The second-order valence-electron chi connectivity index (χ2n) is 7.31. The van der Waals surface area contributed by atoms with E-state index in [9.17, 15) is 57.8 Å². The number of anilines is 1. The molecule has 0 fully saturated rings. The predicted molar refractivity (Wildman–Crippen MR) is 110 cm³/mol. The van der Waals surface area contributed by atoms with Crippen molar-refractivity contribution in [3.05, 3.63) is 77.1 Å². The molecule has 17 heteroatoms. The molecule has 0 saturated heterocycles. The Morgan fingerprint density at radius 1 is 0.789 bits per heavy atom. The highest BCUT2D eigenvalue weighted by Crippen LogP contribution is 2.40. The SMILES string of the molecule is O=C(O)c1ncccc1Oc1ccc(C(F)(F)F)cc1NS(=O)(=O)c1cc(C(F)(F)F)cc(C(F)(F)F)c1. The Labute approximate surface area is 206 Å². The molecule has 3 rings (SSSR count). The Morgan fingerprint density at radius 3 is 1.84 bits per heavy atom. The molecular weight excluding hydrogens is 563 g/mol. The quantitative estimate of drug-likeness (QED) is 0.329. The first-order valence-electron chi connectivity index (χ1n) is 9.69. The summed E-state index contributed by atoms with van der Waals surface area (Å²) < 4.78 is 151. The number of rotatable bonds is 6. The summed E-state index contributed by atoms with van der Waals surface area (Å²) in [6.07, 6.45) is -14.9. The number of halogens is 9. The van der Waals surface area contributed by atoms with Crippen LogP contribution in [0.2, 0.25) is 0 Å². The number of ether oxygens (including phenoxy) is 1. The third kappa shape index (κ3) is 6.45. The van der Waals surface area contributed by atoms with E-state index in [4.69, 9.17) is 4.74 Å². The second-order valence-corrected chi connectivity index (χ2v) is 9.00. The van der Waals surface area contributed by atoms with Crippen LogP contribution < -0.4 is 9.46 Å². The lowest BCUT2D eigenvalue weighted by Gasteiger charge is -2.18. The fraction of sp³-hybridized carbons (Fsp3) is 0.143. The molecule has 7 nitrogen and oxygen atoms in total. The average Bonchev–Trinajstić information content (AvgIpc) is 2.78. The van der Waals surface area contributed by atoms with Gasteiger partial charge >= 0.3 is 24.5 Å². The summed E-state index contributed by atoms with van der Waals surface area (Å²) in [5.41, 5.74) is -7.28. The first kappa shape index (κ1) is 28.5. The third-order valence-corrected chi connectivity index (χ3v) is 5.96. The second kappa shape index (κ2) is 9.70. The smallest absolute Gasteiger partial charge is 0.416 e. The monoisotopic (exact) mass is 574 g/mol. The van der Waals surface area contributed by atoms with E-state index in [1.54, 1.807) is 0 Å². The van der Waals surface area contributed by atoms with Gasteiger partial charge in [-0.2, -0.15) is 39.5 Å². The molecule has 2 aromatic carbocycles. The number of pyridine rings is 1. The van der Waals surface area contributed by atoms with Crippen LogP contribution in [0.15, 0.2) is 59.6 Å². The first-order valence-corrected chi connectivity index (χ1v) is 11.2. The topological polar surface area (TPSA) is 106 Å². The van der Waals surface area contributed by atoms with Crippen LogP contribution in [-0.2, 0) is 28.6 Å². The van der Waals surface area contributed by atoms with Crippen LogP contribution >= 0.6 is 0 Å². The molecule has 0 spiro atoms. The lowest BCUT2D eigenvalue weighted by Crippen LogP contribution is -2.18. The number of sulfonamides is 1. The Hall–Kier alpha value is -4.02. The zero-order valence-corrected chi connectivity index (χ0v) is 18.8. The molecular formula is C21H11F9N2O5S. The summed E-state index contributed by atoms with van der Waals surface area (Å²) in [4.78, 5) is 13.3. The molecule has 38 heavy (non-hydrogen) atoms. The molecule has 3 aromatic rings. The molecule has 204 valence electrons. The van der Waals surface area contributed by atoms with Crippen LogP contribution in [0.1, 0.15) is 27.2 Å². The van der Waals surface area contributed by atoms with E-state index in [0.717, 1.165) is 18.3 Å². The van der Waals surface area contributed by atoms with Gasteiger partial charge in [-0.25, -0.2) is 18.2 Å². The number of hydrogen-bond acceptors (Lipinski definition) is 5. The van der Waals surface area contributed by atoms with Crippen LogP contribution in [0.3, 0.4) is 0 Å². The van der Waals surface area contributed by atoms with Gasteiger partial charge in [0.25, 0.3) is 10.0 Å². The number of aromatic nitrogens is 1. The van der Waals surface area contributed by atoms with Crippen LogP contribution in [0.5, 0.6) is 11.5 Å². The van der Waals surface area contributed by atoms with Crippen molar-refractivity contribution in [2.75, 3.05) is 4.72 Å². The fourth-order valence-electron chi connectivity index (χ4n) is 2.91. The van der Waals surface area contributed by atoms with E-state index in [0.29, 0.717) is 12.1 Å². The molecule has 0 radical (unpaired) electrons. The normalized spacial score (nSPS) is 12.8. The maximum atomic E-state index is 13.3. The molecule has 2 N–H and O–H groups in total. The third-order valence-electron chi connectivity index (χ3n) is 4.62. The Morgan fingerprint density at radius 2 is 1.34 bits per heavy atom. The van der Waals surface area contributed by atoms with Crippen molar-refractivity contribution >= 4 is 21.7 Å². The minimum Gasteiger partial charge on any atom is -0.476 e. The minimum absolute atomic E-state index is 0.143. The zero-order valence-electron chi connectivity index (χ0n) is 18.0. The first-order chi connectivity index (χ1) is 17.3. The predicted octanol–water partition coefficient (Wildman–Crippen LogP) is 6.43. The number of nitrogens with zero attached hydrogens (tertiary/aromatic N) is 1. The van der Waals surface area contributed by atoms with Crippen molar-refractivity contribution in [1.82, 2.24) is 4.98 Å². The van der Waals surface area contributed by atoms with Gasteiger partial charge in [-0.05, 0) is 48.5 Å². The molecule has 0 saturated carbocycles. The summed E-state index contributed by atoms with van der Waals surface area (Å²) in [7, 11) is -5.41. The number of nitrogens with one attached hydrogen (secondary N) is 1. The van der Waals surface area contributed by atoms with Gasteiger partial charge in [-0.15, -0.1) is 0 Å². The molecule has 0 amide bonds. The highest BCUT2D eigenvalue weighted by Gasteiger charge is 2.39. The number of carboxylic acids is 1. The van der Waals surface area contributed by atoms with Crippen molar-refractivity contribution < 1.29 is 62.6 Å². The van der Waals surface area contributed by atoms with Crippen LogP contribution in [0, 0.1) is 0 Å². The van der Waals surface area contributed by atoms with Gasteiger partial charge in [0, 0.05) is 6.20 Å². The number of benzene rings is 2. The summed E-state index contributed by atoms with van der Waals surface area (Å²) in [6, 6.07) is 2.68. The number of carbonyl (C=O) groups is 1. The molecule has 1 aromatic heterocycles. The largest absolute Gasteiger partial charge is 0.476 e. The van der Waals surface area contributed by atoms with Crippen molar-refractivity contribution in [2.45, 2.75) is 23.4 Å². The molecule has 0 atom stereocenters. The Kier molecular flexibility index (Phi) is 7.28. The maximum absolute atomic E-state index is 13.3. The highest BCUT2D eigenvalue weighted by molar-refractivity contribution is 7.92. The molecule has 0 aliphatic rings. The summed E-state index contributed by atoms with van der Waals surface area (Å²) >= 11 is 0. The summed E-state index contributed by atoms with van der Waals surface area (Å²) in [5.74, 6) is -2.99. The fourth-order valence-corrected chi connectivity index (χ4v) is 4.04. The van der Waals surface area contributed by atoms with Gasteiger partial charge in [-0.3, -0.25) is 4.72 Å². The van der Waals surface area contributed by atoms with E-state index >= 15 is 0 Å². The van der Waals surface area contributed by atoms with E-state index in [2.05, 4.69) is 4.98 Å². The zero-order chi connectivity index (χ0) is 28.7. The lowest BCUT2D eigenvalue weighted by atomic mass is 10.1. The van der Waals surface area contributed by atoms with Crippen molar-refractivity contribution in [3.63, 3.8) is 0 Å². The Balaban J connectivity index is 2.17. The van der Waals surface area contributed by atoms with E-state index in [1.807, 2.05) is 0 Å². The van der Waals surface area contributed by atoms with Gasteiger partial charge in [0.05, 0.1) is 27.3 Å². The van der Waals surface area contributed by atoms with Crippen LogP contribution in [0.25, 0.3) is 0 Å². The standard InChI is InChI=1S/C21H11F9N2O5S/c22-19(23,24)10-3-4-15(37-16-2-1-5-31-17(16)18(33)34)14(9-10)32-38(35,36)13-7-11(20(25,26)27)6-12(8-13)21(28,29)30/h1-9,32H,(H,33,34). The number of hydrogen-bond donors (Lipinski definition) is 2. The van der Waals surface area contributed by atoms with Crippen molar-refractivity contribution in [2.24, 2.45) is 0 Å². The van der Waals surface area contributed by atoms with E-state index in [1.165, 1.54) is 4.72 Å². The van der Waals surface area contributed by atoms with Gasteiger partial charge in [-0.1, -0.05) is 0 Å². The molecule has 0 aliphatic heterocycles. The number of carboxylic acid groups (broad SMARTS) is 1. The van der Waals surface area contributed by atoms with Gasteiger partial charge in [0.1, 0.15) is 0 Å². The van der Waals surface area contributed by atoms with E-state index < -0.39 is 79.0 Å². The van der Waals surface area contributed by atoms with Crippen molar-refractivity contribution in [3.8, 4) is 11.5 Å². The molecule has 0 aliphatic carbocycles. The minimum atomic E-state index is -5.41. The lowest BCUT2D eigenvalue weighted by molar-refractivity contribution is -0.143. The van der Waals surface area contributed by atoms with Crippen molar-refractivity contribution in [1.29, 1.82) is 0 Å². The van der Waals surface area contributed by atoms with Crippen LogP contribution in [-0.4, -0.2) is 24.5 Å². The molecule has 0 unspecified atom stereocenters. The highest BCUT2D eigenvalue weighted by atomic mass is 32.2. The average molecular weight is 574 g/mol. The number of aromatic carboxylic acids is 1. The number of alkyl halides is 9. The summed E-state index contributed by atoms with van der Waals surface area (Å²) in [5, 5.41) is 9.20. The molecule has 0 bridgehead atoms. The summed E-state index contributed by atoms with van der Waals surface area (Å²) in [6.45, 7) is 0. The molecule has 1 heterocycles.